The highest BCUT2D eigenvalue weighted by molar-refractivity contribution is 5.69. The number of benzene rings is 1. The summed E-state index contributed by atoms with van der Waals surface area (Å²) in [5.74, 6) is -0.693. The van der Waals surface area contributed by atoms with Crippen LogP contribution in [0.3, 0.4) is 0 Å². The Balaban J connectivity index is 2.73. The molecule has 0 aliphatic rings. The van der Waals surface area contributed by atoms with Gasteiger partial charge in [0, 0.05) is 6.04 Å². The molecule has 4 N–H and O–H groups in total. The Labute approximate surface area is 158 Å². The van der Waals surface area contributed by atoms with Gasteiger partial charge in [-0.3, -0.25) is 4.79 Å². The zero-order valence-electron chi connectivity index (χ0n) is 17.2. The fourth-order valence-electron chi connectivity index (χ4n) is 3.18. The summed E-state index contributed by atoms with van der Waals surface area (Å²) in [4.78, 5) is 11.0. The van der Waals surface area contributed by atoms with Crippen molar-refractivity contribution >= 4 is 5.97 Å². The summed E-state index contributed by atoms with van der Waals surface area (Å²) in [6, 6.07) is 8.35. The van der Waals surface area contributed by atoms with E-state index >= 15 is 0 Å². The molecule has 0 bridgehead atoms. The van der Waals surface area contributed by atoms with Crippen LogP contribution < -0.4 is 5.73 Å². The quantitative estimate of drug-likeness (QED) is 0.619. The molecule has 4 nitrogen and oxygen atoms in total. The fraction of sp³-hybridized carbons (Fsp3) is 0.682. The normalized spacial score (nSPS) is 17.0. The van der Waals surface area contributed by atoms with E-state index in [2.05, 4.69) is 58.9 Å². The molecular formula is C22H37NO3. The van der Waals surface area contributed by atoms with Gasteiger partial charge in [0.05, 0.1) is 12.0 Å². The molecule has 1 aromatic carbocycles. The molecule has 0 fully saturated rings. The number of aliphatic hydroxyl groups excluding tert-OH is 1. The van der Waals surface area contributed by atoms with Crippen molar-refractivity contribution in [1.82, 2.24) is 0 Å². The van der Waals surface area contributed by atoms with Crippen molar-refractivity contribution in [2.75, 3.05) is 0 Å². The van der Waals surface area contributed by atoms with Gasteiger partial charge in [-0.15, -0.1) is 0 Å². The van der Waals surface area contributed by atoms with Crippen molar-refractivity contribution in [2.24, 2.45) is 23.5 Å². The van der Waals surface area contributed by atoms with E-state index in [-0.39, 0.29) is 11.8 Å². The summed E-state index contributed by atoms with van der Waals surface area (Å²) in [7, 11) is 0. The van der Waals surface area contributed by atoms with E-state index in [1.807, 2.05) is 0 Å². The average Bonchev–Trinajstić information content (AvgIpc) is 2.53. The van der Waals surface area contributed by atoms with E-state index in [0.29, 0.717) is 18.3 Å². The first-order valence-electron chi connectivity index (χ1n) is 9.67. The Morgan fingerprint density at radius 3 is 2.04 bits per heavy atom. The van der Waals surface area contributed by atoms with Crippen LogP contribution in [0.1, 0.15) is 65.5 Å². The molecule has 1 aromatic rings. The summed E-state index contributed by atoms with van der Waals surface area (Å²) < 4.78 is 0. The van der Waals surface area contributed by atoms with Crippen LogP contribution in [-0.2, 0) is 16.6 Å². The van der Waals surface area contributed by atoms with E-state index in [9.17, 15) is 9.90 Å². The summed E-state index contributed by atoms with van der Waals surface area (Å²) in [6.07, 6.45) is 1.01. The van der Waals surface area contributed by atoms with E-state index in [1.165, 1.54) is 11.1 Å². The minimum atomic E-state index is -0.893. The van der Waals surface area contributed by atoms with Crippen LogP contribution in [0.2, 0.25) is 0 Å². The lowest BCUT2D eigenvalue weighted by Crippen LogP contribution is -2.39. The highest BCUT2D eigenvalue weighted by Crippen LogP contribution is 2.26. The Kier molecular flexibility index (Phi) is 8.29. The second kappa shape index (κ2) is 9.52. The van der Waals surface area contributed by atoms with Crippen molar-refractivity contribution in [3.05, 3.63) is 35.4 Å². The van der Waals surface area contributed by atoms with Crippen molar-refractivity contribution in [2.45, 2.75) is 78.4 Å². The van der Waals surface area contributed by atoms with Crippen molar-refractivity contribution in [3.8, 4) is 0 Å². The van der Waals surface area contributed by atoms with Crippen LogP contribution in [0.15, 0.2) is 24.3 Å². The summed E-state index contributed by atoms with van der Waals surface area (Å²) >= 11 is 0. The first-order chi connectivity index (χ1) is 11.9. The third-order valence-electron chi connectivity index (χ3n) is 5.35. The Morgan fingerprint density at radius 2 is 1.62 bits per heavy atom. The van der Waals surface area contributed by atoms with Crippen LogP contribution in [0, 0.1) is 17.8 Å². The van der Waals surface area contributed by atoms with Gasteiger partial charge in [-0.05, 0) is 47.6 Å². The van der Waals surface area contributed by atoms with Gasteiger partial charge in [0.2, 0.25) is 0 Å². The Bertz CT molecular complexity index is 560. The number of aliphatic carboxylic acids is 1. The topological polar surface area (TPSA) is 83.5 Å². The number of carboxylic acid groups (broad SMARTS) is 1. The van der Waals surface area contributed by atoms with Crippen LogP contribution in [-0.4, -0.2) is 28.3 Å². The molecule has 1 rings (SSSR count). The fourth-order valence-corrected chi connectivity index (χ4v) is 3.18. The molecule has 0 aromatic heterocycles. The van der Waals surface area contributed by atoms with Gasteiger partial charge in [-0.2, -0.15) is 0 Å². The van der Waals surface area contributed by atoms with Crippen LogP contribution in [0.4, 0.5) is 0 Å². The molecule has 148 valence electrons. The lowest BCUT2D eigenvalue weighted by atomic mass is 9.81. The molecule has 26 heavy (non-hydrogen) atoms. The van der Waals surface area contributed by atoms with Crippen LogP contribution >= 0.6 is 0 Å². The molecule has 4 heteroatoms. The van der Waals surface area contributed by atoms with Crippen LogP contribution in [0.5, 0.6) is 0 Å². The lowest BCUT2D eigenvalue weighted by molar-refractivity contribution is -0.142. The molecular weight excluding hydrogens is 326 g/mol. The van der Waals surface area contributed by atoms with E-state index in [1.54, 1.807) is 6.92 Å². The van der Waals surface area contributed by atoms with Crippen molar-refractivity contribution in [1.29, 1.82) is 0 Å². The predicted molar refractivity (Wildman–Crippen MR) is 107 cm³/mol. The highest BCUT2D eigenvalue weighted by Gasteiger charge is 2.25. The molecule has 0 spiro atoms. The molecule has 4 unspecified atom stereocenters. The van der Waals surface area contributed by atoms with Gasteiger partial charge in [-0.25, -0.2) is 0 Å². The van der Waals surface area contributed by atoms with Gasteiger partial charge in [0.1, 0.15) is 0 Å². The second-order valence-electron chi connectivity index (χ2n) is 9.10. The zero-order chi connectivity index (χ0) is 20.1. The minimum Gasteiger partial charge on any atom is -0.481 e. The predicted octanol–water partition coefficient (Wildman–Crippen LogP) is 3.99. The molecule has 0 amide bonds. The van der Waals surface area contributed by atoms with Gasteiger partial charge in [0.25, 0.3) is 0 Å². The van der Waals surface area contributed by atoms with E-state index in [0.717, 1.165) is 6.42 Å². The van der Waals surface area contributed by atoms with Gasteiger partial charge >= 0.3 is 5.97 Å². The maximum Gasteiger partial charge on any atom is 0.306 e. The van der Waals surface area contributed by atoms with Crippen LogP contribution in [0.25, 0.3) is 0 Å². The SMILES string of the molecule is CC(CC(O)C(N)CC(Cc1ccc(C(C)(C)C)cc1)C(C)C)C(=O)O. The summed E-state index contributed by atoms with van der Waals surface area (Å²) in [6.45, 7) is 12.6. The third-order valence-corrected chi connectivity index (χ3v) is 5.35. The molecule has 4 atom stereocenters. The van der Waals surface area contributed by atoms with Crippen molar-refractivity contribution in [3.63, 3.8) is 0 Å². The first kappa shape index (κ1) is 22.7. The van der Waals surface area contributed by atoms with E-state index in [4.69, 9.17) is 10.8 Å². The maximum absolute atomic E-state index is 11.0. The molecule has 0 aliphatic heterocycles. The summed E-state index contributed by atoms with van der Waals surface area (Å²) in [5, 5.41) is 19.3. The minimum absolute atomic E-state index is 0.142. The molecule has 0 radical (unpaired) electrons. The van der Waals surface area contributed by atoms with E-state index < -0.39 is 24.0 Å². The largest absolute Gasteiger partial charge is 0.481 e. The monoisotopic (exact) mass is 363 g/mol. The van der Waals surface area contributed by atoms with Gasteiger partial charge < -0.3 is 15.9 Å². The number of carboxylic acids is 1. The summed E-state index contributed by atoms with van der Waals surface area (Å²) in [5.41, 5.74) is 8.93. The smallest absolute Gasteiger partial charge is 0.306 e. The number of hydrogen-bond acceptors (Lipinski definition) is 3. The third kappa shape index (κ3) is 7.08. The standard InChI is InChI=1S/C22H37NO3/c1-14(2)17(13-19(23)20(24)11-15(3)21(25)26)12-16-7-9-18(10-8-16)22(4,5)6/h7-10,14-15,17,19-20,24H,11-13,23H2,1-6H3,(H,25,26). The average molecular weight is 364 g/mol. The highest BCUT2D eigenvalue weighted by atomic mass is 16.4. The molecule has 0 saturated heterocycles. The zero-order valence-corrected chi connectivity index (χ0v) is 17.2. The molecule has 0 saturated carbocycles. The second-order valence-corrected chi connectivity index (χ2v) is 9.10. The number of carbonyl (C=O) groups is 1. The molecule has 0 aliphatic carbocycles. The van der Waals surface area contributed by atoms with Crippen molar-refractivity contribution < 1.29 is 15.0 Å². The van der Waals surface area contributed by atoms with Gasteiger partial charge in [0.15, 0.2) is 0 Å². The number of hydrogen-bond donors (Lipinski definition) is 3. The lowest BCUT2D eigenvalue weighted by Gasteiger charge is -2.28. The number of nitrogens with two attached hydrogens (primary N) is 1. The Morgan fingerprint density at radius 1 is 1.08 bits per heavy atom. The first-order valence-corrected chi connectivity index (χ1v) is 9.67. The number of rotatable bonds is 9. The maximum atomic E-state index is 11.0. The number of aliphatic hydroxyl groups is 1. The van der Waals surface area contributed by atoms with Gasteiger partial charge in [-0.1, -0.05) is 65.8 Å². The molecule has 0 heterocycles. The Hall–Kier alpha value is -1.39.